The number of aryl methyl sites for hydroxylation is 1. The zero-order chi connectivity index (χ0) is 15.4. The highest BCUT2D eigenvalue weighted by molar-refractivity contribution is 14.1. The van der Waals surface area contributed by atoms with Gasteiger partial charge >= 0.3 is 0 Å². The Bertz CT molecular complexity index is 708. The molecule has 108 valence electrons. The number of anilines is 1. The standard InChI is InChI=1S/C14H11BrIN3OS/c1-8-10(15)6-7-12(17-8)18-14(21)19-13(20)9-4-2-3-5-11(9)16/h2-7H,1H3,(H2,17,18,19,20,21). The van der Waals surface area contributed by atoms with E-state index in [1.54, 1.807) is 12.1 Å². The summed E-state index contributed by atoms with van der Waals surface area (Å²) in [7, 11) is 0. The zero-order valence-electron chi connectivity index (χ0n) is 11.0. The summed E-state index contributed by atoms with van der Waals surface area (Å²) in [5.74, 6) is 0.343. The number of halogens is 2. The Morgan fingerprint density at radius 2 is 2.00 bits per heavy atom. The molecule has 0 saturated carbocycles. The van der Waals surface area contributed by atoms with Crippen LogP contribution in [-0.2, 0) is 0 Å². The molecule has 7 heteroatoms. The Balaban J connectivity index is 2.03. The molecule has 0 atom stereocenters. The minimum atomic E-state index is -0.244. The molecule has 0 unspecified atom stereocenters. The summed E-state index contributed by atoms with van der Waals surface area (Å²) in [5.41, 5.74) is 1.42. The number of hydrogen-bond acceptors (Lipinski definition) is 3. The smallest absolute Gasteiger partial charge is 0.258 e. The lowest BCUT2D eigenvalue weighted by atomic mass is 10.2. The van der Waals surface area contributed by atoms with Gasteiger partial charge in [0.25, 0.3) is 5.91 Å². The van der Waals surface area contributed by atoms with E-state index in [1.807, 2.05) is 31.2 Å². The van der Waals surface area contributed by atoms with E-state index in [4.69, 9.17) is 12.2 Å². The number of hydrogen-bond donors (Lipinski definition) is 2. The number of nitrogens with zero attached hydrogens (tertiary/aromatic N) is 1. The van der Waals surface area contributed by atoms with Gasteiger partial charge in [-0.15, -0.1) is 0 Å². The maximum atomic E-state index is 12.1. The summed E-state index contributed by atoms with van der Waals surface area (Å²) in [6.07, 6.45) is 0. The highest BCUT2D eigenvalue weighted by Gasteiger charge is 2.11. The van der Waals surface area contributed by atoms with Crippen LogP contribution in [0.25, 0.3) is 0 Å². The van der Waals surface area contributed by atoms with Crippen molar-refractivity contribution in [2.24, 2.45) is 0 Å². The number of benzene rings is 1. The molecule has 1 aromatic heterocycles. The molecule has 2 N–H and O–H groups in total. The molecule has 1 aromatic carbocycles. The van der Waals surface area contributed by atoms with Gasteiger partial charge in [0.1, 0.15) is 5.82 Å². The van der Waals surface area contributed by atoms with Crippen LogP contribution in [-0.4, -0.2) is 16.0 Å². The minimum absolute atomic E-state index is 0.217. The van der Waals surface area contributed by atoms with Crippen molar-refractivity contribution in [1.82, 2.24) is 10.3 Å². The molecule has 1 heterocycles. The Morgan fingerprint density at radius 3 is 2.67 bits per heavy atom. The highest BCUT2D eigenvalue weighted by atomic mass is 127. The molecule has 0 aliphatic heterocycles. The van der Waals surface area contributed by atoms with E-state index in [0.29, 0.717) is 11.4 Å². The van der Waals surface area contributed by atoms with Gasteiger partial charge in [-0.25, -0.2) is 4.98 Å². The Morgan fingerprint density at radius 1 is 1.29 bits per heavy atom. The summed E-state index contributed by atoms with van der Waals surface area (Å²) in [4.78, 5) is 16.4. The second-order valence-corrected chi connectivity index (χ2v) is 6.58. The average molecular weight is 476 g/mol. The second-order valence-electron chi connectivity index (χ2n) is 4.15. The van der Waals surface area contributed by atoms with Crippen LogP contribution >= 0.6 is 50.7 Å². The predicted molar refractivity (Wildman–Crippen MR) is 99.5 cm³/mol. The fourth-order valence-corrected chi connectivity index (χ4v) is 2.63. The van der Waals surface area contributed by atoms with Crippen LogP contribution in [0.5, 0.6) is 0 Å². The topological polar surface area (TPSA) is 54.0 Å². The first-order valence-corrected chi connectivity index (χ1v) is 8.25. The van der Waals surface area contributed by atoms with E-state index in [1.165, 1.54) is 0 Å². The van der Waals surface area contributed by atoms with Crippen LogP contribution in [0.1, 0.15) is 16.1 Å². The SMILES string of the molecule is Cc1nc(NC(=S)NC(=O)c2ccccc2I)ccc1Br. The predicted octanol–water partition coefficient (Wildman–Crippen LogP) is 3.88. The van der Waals surface area contributed by atoms with Crippen molar-refractivity contribution in [1.29, 1.82) is 0 Å². The van der Waals surface area contributed by atoms with Crippen LogP contribution in [0, 0.1) is 10.5 Å². The Hall–Kier alpha value is -1.06. The van der Waals surface area contributed by atoms with Crippen LogP contribution < -0.4 is 10.6 Å². The molecule has 0 aliphatic rings. The van der Waals surface area contributed by atoms with Gasteiger partial charge in [0, 0.05) is 8.04 Å². The molecular formula is C14H11BrIN3OS. The first-order valence-electron chi connectivity index (χ1n) is 5.97. The van der Waals surface area contributed by atoms with Gasteiger partial charge in [0.15, 0.2) is 5.11 Å². The highest BCUT2D eigenvalue weighted by Crippen LogP contribution is 2.16. The number of carbonyl (C=O) groups is 1. The molecule has 21 heavy (non-hydrogen) atoms. The van der Waals surface area contributed by atoms with Gasteiger partial charge in [-0.3, -0.25) is 10.1 Å². The van der Waals surface area contributed by atoms with Gasteiger partial charge in [-0.05, 0) is 81.9 Å². The van der Waals surface area contributed by atoms with Crippen LogP contribution in [0.2, 0.25) is 0 Å². The van der Waals surface area contributed by atoms with Crippen molar-refractivity contribution < 1.29 is 4.79 Å². The van der Waals surface area contributed by atoms with Crippen molar-refractivity contribution in [2.75, 3.05) is 5.32 Å². The number of pyridine rings is 1. The molecule has 0 spiro atoms. The molecule has 0 saturated heterocycles. The zero-order valence-corrected chi connectivity index (χ0v) is 15.5. The van der Waals surface area contributed by atoms with Crippen molar-refractivity contribution in [3.8, 4) is 0 Å². The van der Waals surface area contributed by atoms with E-state index in [0.717, 1.165) is 13.7 Å². The third-order valence-electron chi connectivity index (χ3n) is 2.61. The number of aromatic nitrogens is 1. The monoisotopic (exact) mass is 475 g/mol. The largest absolute Gasteiger partial charge is 0.317 e. The van der Waals surface area contributed by atoms with Gasteiger partial charge in [-0.2, -0.15) is 0 Å². The van der Waals surface area contributed by atoms with Crippen molar-refractivity contribution in [3.63, 3.8) is 0 Å². The third kappa shape index (κ3) is 4.45. The fourth-order valence-electron chi connectivity index (χ4n) is 1.58. The summed E-state index contributed by atoms with van der Waals surface area (Å²) in [5, 5.41) is 5.76. The van der Waals surface area contributed by atoms with Crippen molar-refractivity contribution >= 4 is 67.6 Å². The Kier molecular flexibility index (Phi) is 5.65. The van der Waals surface area contributed by atoms with Gasteiger partial charge in [0.2, 0.25) is 0 Å². The lowest BCUT2D eigenvalue weighted by molar-refractivity contribution is 0.0977. The molecular weight excluding hydrogens is 465 g/mol. The lowest BCUT2D eigenvalue weighted by Gasteiger charge is -2.10. The first kappa shape index (κ1) is 16.3. The maximum Gasteiger partial charge on any atom is 0.258 e. The molecule has 0 fully saturated rings. The summed E-state index contributed by atoms with van der Waals surface area (Å²) in [6.45, 7) is 1.88. The number of rotatable bonds is 2. The minimum Gasteiger partial charge on any atom is -0.317 e. The Labute approximate surface area is 150 Å². The van der Waals surface area contributed by atoms with Crippen LogP contribution in [0.3, 0.4) is 0 Å². The maximum absolute atomic E-state index is 12.1. The molecule has 0 bridgehead atoms. The summed E-state index contributed by atoms with van der Waals surface area (Å²) in [6, 6.07) is 11.0. The average Bonchev–Trinajstić information content (AvgIpc) is 2.43. The number of thiocarbonyl (C=S) groups is 1. The first-order chi connectivity index (χ1) is 9.97. The van der Waals surface area contributed by atoms with E-state index in [2.05, 4.69) is 54.1 Å². The van der Waals surface area contributed by atoms with Gasteiger partial charge in [-0.1, -0.05) is 12.1 Å². The van der Waals surface area contributed by atoms with E-state index >= 15 is 0 Å². The quantitative estimate of drug-likeness (QED) is 0.511. The van der Waals surface area contributed by atoms with Crippen LogP contribution in [0.4, 0.5) is 5.82 Å². The number of nitrogens with one attached hydrogen (secondary N) is 2. The fraction of sp³-hybridized carbons (Fsp3) is 0.0714. The molecule has 0 radical (unpaired) electrons. The summed E-state index contributed by atoms with van der Waals surface area (Å²) < 4.78 is 1.79. The third-order valence-corrected chi connectivity index (χ3v) is 4.59. The normalized spacial score (nSPS) is 10.0. The van der Waals surface area contributed by atoms with Crippen molar-refractivity contribution in [2.45, 2.75) is 6.92 Å². The molecule has 4 nitrogen and oxygen atoms in total. The van der Waals surface area contributed by atoms with E-state index < -0.39 is 0 Å². The van der Waals surface area contributed by atoms with E-state index in [9.17, 15) is 4.79 Å². The second kappa shape index (κ2) is 7.28. The molecule has 2 rings (SSSR count). The lowest BCUT2D eigenvalue weighted by Crippen LogP contribution is -2.34. The van der Waals surface area contributed by atoms with E-state index in [-0.39, 0.29) is 11.0 Å². The number of amides is 1. The molecule has 2 aromatic rings. The van der Waals surface area contributed by atoms with Crippen molar-refractivity contribution in [3.05, 3.63) is 55.7 Å². The molecule has 0 aliphatic carbocycles. The van der Waals surface area contributed by atoms with Gasteiger partial charge in [0.05, 0.1) is 11.3 Å². The van der Waals surface area contributed by atoms with Gasteiger partial charge < -0.3 is 5.32 Å². The van der Waals surface area contributed by atoms with Crippen LogP contribution in [0.15, 0.2) is 40.9 Å². The summed E-state index contributed by atoms with van der Waals surface area (Å²) >= 11 is 10.6. The molecule has 1 amide bonds. The number of carbonyl (C=O) groups excluding carboxylic acids is 1.